The second-order valence-corrected chi connectivity index (χ2v) is 19.5. The van der Waals surface area contributed by atoms with Crippen LogP contribution >= 0.6 is 0 Å². The summed E-state index contributed by atoms with van der Waals surface area (Å²) in [6.45, 7) is 19.1. The number of carbonyl (C=O) groups is 1. The third-order valence-electron chi connectivity index (χ3n) is 16.4. The van der Waals surface area contributed by atoms with E-state index in [0.29, 0.717) is 17.7 Å². The van der Waals surface area contributed by atoms with Crippen molar-refractivity contribution in [2.75, 3.05) is 23.7 Å². The largest absolute Gasteiger partial charge is 0.481 e. The van der Waals surface area contributed by atoms with Gasteiger partial charge in [-0.1, -0.05) is 54.0 Å². The highest BCUT2D eigenvalue weighted by atomic mass is 16.4. The summed E-state index contributed by atoms with van der Waals surface area (Å²) in [5.74, 6) is 2.00. The highest BCUT2D eigenvalue weighted by molar-refractivity contribution is 5.80. The molecule has 6 aliphatic rings. The Morgan fingerprint density at radius 2 is 1.67 bits per heavy atom. The number of anilines is 2. The SMILES string of the molecule is CC1(C)CCC2(C(=O)O)CCC3(C)C(=C(c4ccc(N5CCC(N)CC5)nc4)CC4C5(C)Cc6c(N)n[nH]c6C(C)(C)C5CCC43C)C2C1. The Bertz CT molecular complexity index is 1700. The quantitative estimate of drug-likeness (QED) is 0.263. The second kappa shape index (κ2) is 10.6. The minimum atomic E-state index is -0.702. The molecule has 3 saturated carbocycles. The van der Waals surface area contributed by atoms with Gasteiger partial charge in [0.1, 0.15) is 11.6 Å². The van der Waals surface area contributed by atoms with Gasteiger partial charge in [-0.3, -0.25) is 9.89 Å². The van der Waals surface area contributed by atoms with Gasteiger partial charge in [-0.2, -0.15) is 5.10 Å². The fourth-order valence-electron chi connectivity index (χ4n) is 13.3. The molecule has 3 heterocycles. The Morgan fingerprint density at radius 1 is 0.959 bits per heavy atom. The van der Waals surface area contributed by atoms with Gasteiger partial charge in [0, 0.05) is 42.0 Å². The number of fused-ring (bicyclic) bond motifs is 8. The highest BCUT2D eigenvalue weighted by Gasteiger charge is 2.70. The average Bonchev–Trinajstić information content (AvgIpc) is 3.41. The van der Waals surface area contributed by atoms with E-state index < -0.39 is 11.4 Å². The molecule has 5 aliphatic carbocycles. The van der Waals surface area contributed by atoms with Crippen molar-refractivity contribution in [3.8, 4) is 0 Å². The molecule has 0 bridgehead atoms. The van der Waals surface area contributed by atoms with E-state index in [4.69, 9.17) is 16.5 Å². The zero-order valence-electron chi connectivity index (χ0n) is 31.1. The third-order valence-corrected chi connectivity index (χ3v) is 16.4. The fraction of sp³-hybridized carbons (Fsp3) is 0.732. The van der Waals surface area contributed by atoms with Crippen LogP contribution in [0.25, 0.3) is 5.57 Å². The standard InChI is InChI=1S/C41H60N6O2/c1-36(2)14-16-41(35(48)49)17-15-40(7)32(28(41)22-36)26(24-8-9-31(44-23-24)47-18-11-25(42)12-19-47)20-30-38(5)21-27-33(45-46-34(27)43)37(3,4)29(38)10-13-39(30,40)6/h8-9,23,25,28-30H,10-22,42H2,1-7H3,(H,48,49)(H3,43,45,46). The predicted octanol–water partition coefficient (Wildman–Crippen LogP) is 7.74. The number of nitrogen functional groups attached to an aromatic ring is 1. The number of piperidine rings is 1. The van der Waals surface area contributed by atoms with E-state index in [9.17, 15) is 9.90 Å². The number of aliphatic carboxylic acids is 1. The molecule has 2 aromatic rings. The van der Waals surface area contributed by atoms with Crippen LogP contribution in [0.2, 0.25) is 0 Å². The lowest BCUT2D eigenvalue weighted by Crippen LogP contribution is -2.65. The first kappa shape index (κ1) is 33.3. The van der Waals surface area contributed by atoms with Crippen LogP contribution in [0.15, 0.2) is 23.9 Å². The number of nitrogens with two attached hydrogens (primary N) is 2. The van der Waals surface area contributed by atoms with Crippen LogP contribution in [0.4, 0.5) is 11.6 Å². The van der Waals surface area contributed by atoms with Crippen molar-refractivity contribution >= 4 is 23.2 Å². The third kappa shape index (κ3) is 4.46. The summed E-state index contributed by atoms with van der Waals surface area (Å²) in [6.07, 6.45) is 12.6. The van der Waals surface area contributed by atoms with Crippen LogP contribution in [0.3, 0.4) is 0 Å². The van der Waals surface area contributed by atoms with Crippen molar-refractivity contribution in [2.45, 2.75) is 131 Å². The van der Waals surface area contributed by atoms with E-state index in [-0.39, 0.29) is 39.0 Å². The topological polar surface area (TPSA) is 134 Å². The smallest absolute Gasteiger partial charge is 0.310 e. The molecule has 2 aromatic heterocycles. The van der Waals surface area contributed by atoms with Gasteiger partial charge in [-0.15, -0.1) is 0 Å². The van der Waals surface area contributed by atoms with Crippen molar-refractivity contribution < 1.29 is 9.90 Å². The average molecular weight is 669 g/mol. The van der Waals surface area contributed by atoms with Crippen molar-refractivity contribution in [1.82, 2.24) is 15.2 Å². The van der Waals surface area contributed by atoms with Gasteiger partial charge >= 0.3 is 5.97 Å². The first-order valence-corrected chi connectivity index (χ1v) is 19.2. The number of carboxylic acids is 1. The van der Waals surface area contributed by atoms with Crippen LogP contribution in [0.5, 0.6) is 0 Å². The van der Waals surface area contributed by atoms with Gasteiger partial charge in [0.25, 0.3) is 0 Å². The molecule has 1 saturated heterocycles. The van der Waals surface area contributed by atoms with E-state index in [2.05, 4.69) is 81.9 Å². The van der Waals surface area contributed by atoms with Gasteiger partial charge in [0.2, 0.25) is 0 Å². The van der Waals surface area contributed by atoms with Gasteiger partial charge in [0.05, 0.1) is 5.41 Å². The molecule has 0 aromatic carbocycles. The van der Waals surface area contributed by atoms with Gasteiger partial charge in [0.15, 0.2) is 0 Å². The van der Waals surface area contributed by atoms with Gasteiger partial charge < -0.3 is 21.5 Å². The molecule has 1 aliphatic heterocycles. The zero-order chi connectivity index (χ0) is 34.9. The Balaban J connectivity index is 1.32. The van der Waals surface area contributed by atoms with Crippen molar-refractivity contribution in [3.05, 3.63) is 40.7 Å². The summed E-state index contributed by atoms with van der Waals surface area (Å²) in [5, 5.41) is 19.0. The zero-order valence-corrected chi connectivity index (χ0v) is 31.1. The molecule has 49 heavy (non-hydrogen) atoms. The Kier molecular flexibility index (Phi) is 7.19. The molecule has 0 amide bonds. The predicted molar refractivity (Wildman–Crippen MR) is 196 cm³/mol. The van der Waals surface area contributed by atoms with E-state index in [0.717, 1.165) is 89.5 Å². The number of hydrogen-bond donors (Lipinski definition) is 4. The molecule has 266 valence electrons. The van der Waals surface area contributed by atoms with Crippen LogP contribution in [0.1, 0.15) is 129 Å². The van der Waals surface area contributed by atoms with E-state index in [1.54, 1.807) is 0 Å². The summed E-state index contributed by atoms with van der Waals surface area (Å²) in [7, 11) is 0. The van der Waals surface area contributed by atoms with Crippen molar-refractivity contribution in [2.24, 2.45) is 50.6 Å². The molecule has 7 atom stereocenters. The number of rotatable bonds is 3. The number of hydrogen-bond acceptors (Lipinski definition) is 6. The Morgan fingerprint density at radius 3 is 2.35 bits per heavy atom. The van der Waals surface area contributed by atoms with Crippen LogP contribution in [-0.4, -0.2) is 45.4 Å². The number of H-pyrrole nitrogens is 1. The first-order valence-electron chi connectivity index (χ1n) is 19.2. The molecular weight excluding hydrogens is 608 g/mol. The summed E-state index contributed by atoms with van der Waals surface area (Å²) >= 11 is 0. The summed E-state index contributed by atoms with van der Waals surface area (Å²) in [6, 6.07) is 4.81. The molecule has 8 nitrogen and oxygen atoms in total. The molecule has 8 rings (SSSR count). The first-order chi connectivity index (χ1) is 23.0. The molecule has 6 N–H and O–H groups in total. The maximum atomic E-state index is 13.5. The molecule has 0 spiro atoms. The molecule has 4 fully saturated rings. The molecule has 7 unspecified atom stereocenters. The molecule has 0 radical (unpaired) electrons. The number of nitrogens with one attached hydrogen (secondary N) is 1. The fourth-order valence-corrected chi connectivity index (χ4v) is 13.3. The lowest BCUT2D eigenvalue weighted by atomic mass is 9.33. The number of carboxylic acid groups (broad SMARTS) is 1. The minimum absolute atomic E-state index is 0.00832. The van der Waals surface area contributed by atoms with Gasteiger partial charge in [-0.05, 0) is 133 Å². The van der Waals surface area contributed by atoms with E-state index >= 15 is 0 Å². The normalized spacial score (nSPS) is 39.7. The second-order valence-electron chi connectivity index (χ2n) is 19.5. The summed E-state index contributed by atoms with van der Waals surface area (Å²) in [4.78, 5) is 21.0. The van der Waals surface area contributed by atoms with Crippen molar-refractivity contribution in [3.63, 3.8) is 0 Å². The highest BCUT2D eigenvalue weighted by Crippen LogP contribution is 2.77. The maximum absolute atomic E-state index is 13.5. The lowest BCUT2D eigenvalue weighted by molar-refractivity contribution is -0.175. The number of pyridine rings is 1. The van der Waals surface area contributed by atoms with Crippen LogP contribution in [0, 0.1) is 44.8 Å². The van der Waals surface area contributed by atoms with Gasteiger partial charge in [-0.25, -0.2) is 4.98 Å². The minimum Gasteiger partial charge on any atom is -0.481 e. The number of aromatic amines is 1. The number of aromatic nitrogens is 3. The Hall–Kier alpha value is -2.87. The number of nitrogens with zero attached hydrogens (tertiary/aromatic N) is 3. The maximum Gasteiger partial charge on any atom is 0.310 e. The lowest BCUT2D eigenvalue weighted by Gasteiger charge is -2.71. The molecule has 8 heteroatoms. The van der Waals surface area contributed by atoms with E-state index in [1.165, 1.54) is 28.0 Å². The van der Waals surface area contributed by atoms with Crippen LogP contribution in [-0.2, 0) is 16.6 Å². The monoisotopic (exact) mass is 668 g/mol. The van der Waals surface area contributed by atoms with Crippen LogP contribution < -0.4 is 16.4 Å². The summed E-state index contributed by atoms with van der Waals surface area (Å²) in [5.41, 5.74) is 18.6. The van der Waals surface area contributed by atoms with E-state index in [1.807, 2.05) is 0 Å². The van der Waals surface area contributed by atoms with Crippen molar-refractivity contribution in [1.29, 1.82) is 0 Å². The molecular formula is C41H60N6O2. The Labute approximate surface area is 293 Å². The summed E-state index contributed by atoms with van der Waals surface area (Å²) < 4.78 is 0. The number of allylic oxidation sites excluding steroid dienone is 2.